The number of rotatable bonds is 5. The van der Waals surface area contributed by atoms with Gasteiger partial charge in [-0.3, -0.25) is 4.79 Å². The highest BCUT2D eigenvalue weighted by molar-refractivity contribution is 7.89. The van der Waals surface area contributed by atoms with E-state index in [0.717, 1.165) is 5.39 Å². The minimum Gasteiger partial charge on any atom is -0.507 e. The van der Waals surface area contributed by atoms with Crippen LogP contribution >= 0.6 is 22.9 Å². The molecular formula is C19H15ClN2O4S2. The van der Waals surface area contributed by atoms with Gasteiger partial charge in [-0.25, -0.2) is 13.1 Å². The van der Waals surface area contributed by atoms with E-state index in [2.05, 4.69) is 9.71 Å². The average Bonchev–Trinajstić information content (AvgIpc) is 3.18. The van der Waals surface area contributed by atoms with Crippen LogP contribution in [-0.2, 0) is 10.0 Å². The van der Waals surface area contributed by atoms with Crippen molar-refractivity contribution in [1.82, 2.24) is 9.71 Å². The number of hydrogen-bond donors (Lipinski definition) is 3. The number of thiophene rings is 1. The number of halogens is 1. The quantitative estimate of drug-likeness (QED) is 0.417. The molecule has 2 aromatic carbocycles. The van der Waals surface area contributed by atoms with Crippen LogP contribution in [0.3, 0.4) is 0 Å². The lowest BCUT2D eigenvalue weighted by Crippen LogP contribution is -2.25. The molecule has 0 radical (unpaired) electrons. The Balaban J connectivity index is 1.91. The third kappa shape index (κ3) is 3.18. The second kappa shape index (κ2) is 7.21. The molecule has 0 bridgehead atoms. The predicted molar refractivity (Wildman–Crippen MR) is 113 cm³/mol. The van der Waals surface area contributed by atoms with Crippen molar-refractivity contribution in [2.75, 3.05) is 12.4 Å². The molecule has 4 rings (SSSR count). The zero-order valence-corrected chi connectivity index (χ0v) is 16.8. The van der Waals surface area contributed by atoms with E-state index in [4.69, 9.17) is 11.6 Å². The van der Waals surface area contributed by atoms with Gasteiger partial charge in [0.1, 0.15) is 10.4 Å². The van der Waals surface area contributed by atoms with Crippen LogP contribution in [0.1, 0.15) is 0 Å². The minimum absolute atomic E-state index is 0.0444. The van der Waals surface area contributed by atoms with Gasteiger partial charge < -0.3 is 10.1 Å². The number of aromatic hydroxyl groups is 1. The fourth-order valence-corrected chi connectivity index (χ4v) is 5.22. The molecule has 6 nitrogen and oxygen atoms in total. The molecule has 0 spiro atoms. The third-order valence-corrected chi connectivity index (χ3v) is 6.99. The van der Waals surface area contributed by atoms with E-state index >= 15 is 0 Å². The Kier molecular flexibility index (Phi) is 4.88. The highest BCUT2D eigenvalue weighted by Crippen LogP contribution is 2.39. The Morgan fingerprint density at radius 2 is 1.86 bits per heavy atom. The zero-order chi connectivity index (χ0) is 19.9. The fraction of sp³-hybridized carbons (Fsp3) is 0.105. The molecule has 0 aliphatic rings. The molecule has 2 heterocycles. The maximum Gasteiger partial charge on any atom is 0.266 e. The number of sulfonamides is 1. The molecule has 28 heavy (non-hydrogen) atoms. The summed E-state index contributed by atoms with van der Waals surface area (Å²) in [5, 5.41) is 13.8. The highest BCUT2D eigenvalue weighted by atomic mass is 35.5. The van der Waals surface area contributed by atoms with Crippen molar-refractivity contribution in [3.8, 4) is 16.9 Å². The van der Waals surface area contributed by atoms with Gasteiger partial charge >= 0.3 is 0 Å². The maximum absolute atomic E-state index is 12.2. The molecule has 0 aliphatic carbocycles. The lowest BCUT2D eigenvalue weighted by atomic mass is 9.97. The molecule has 2 aromatic heterocycles. The van der Waals surface area contributed by atoms with Crippen molar-refractivity contribution in [2.24, 2.45) is 0 Å². The number of aromatic nitrogens is 1. The van der Waals surface area contributed by atoms with Crippen LogP contribution in [0.5, 0.6) is 5.75 Å². The topological polar surface area (TPSA) is 99.3 Å². The lowest BCUT2D eigenvalue weighted by Gasteiger charge is -2.12. The summed E-state index contributed by atoms with van der Waals surface area (Å²) >= 11 is 6.87. The van der Waals surface area contributed by atoms with Gasteiger partial charge in [0.15, 0.2) is 0 Å². The van der Waals surface area contributed by atoms with Crippen LogP contribution in [0.15, 0.2) is 57.5 Å². The average molecular weight is 435 g/mol. The number of pyridine rings is 1. The standard InChI is InChI=1S/C19H15ClN2O4S2/c20-8-9-21-28(25,26)12-3-1-11(2-4-12)16-15(23)6-5-14-17(16)13-7-10-27-18(13)19(24)22-14/h1-7,10,21,23H,8-9H2,(H,22,24). The van der Waals surface area contributed by atoms with Crippen LogP contribution in [0.4, 0.5) is 0 Å². The van der Waals surface area contributed by atoms with Gasteiger partial charge in [0.05, 0.1) is 4.90 Å². The van der Waals surface area contributed by atoms with Crippen molar-refractivity contribution in [1.29, 1.82) is 0 Å². The molecule has 0 aliphatic heterocycles. The van der Waals surface area contributed by atoms with E-state index < -0.39 is 10.0 Å². The molecule has 0 amide bonds. The Bertz CT molecular complexity index is 1340. The minimum atomic E-state index is -3.65. The summed E-state index contributed by atoms with van der Waals surface area (Å²) in [6.45, 7) is 0.138. The number of H-pyrrole nitrogens is 1. The Labute approximate surface area is 169 Å². The van der Waals surface area contributed by atoms with Gasteiger partial charge in [-0.2, -0.15) is 0 Å². The number of nitrogens with one attached hydrogen (secondary N) is 2. The molecule has 3 N–H and O–H groups in total. The Morgan fingerprint density at radius 1 is 1.11 bits per heavy atom. The highest BCUT2D eigenvalue weighted by Gasteiger charge is 2.17. The van der Waals surface area contributed by atoms with Crippen LogP contribution in [-0.4, -0.2) is 30.9 Å². The summed E-state index contributed by atoms with van der Waals surface area (Å²) in [6.07, 6.45) is 0. The van der Waals surface area contributed by atoms with Gasteiger partial charge in [-0.1, -0.05) is 12.1 Å². The molecule has 4 aromatic rings. The van der Waals surface area contributed by atoms with Gasteiger partial charge in [-0.05, 0) is 41.3 Å². The molecule has 144 valence electrons. The van der Waals surface area contributed by atoms with Crippen LogP contribution in [0.25, 0.3) is 32.1 Å². The number of fused-ring (bicyclic) bond motifs is 3. The van der Waals surface area contributed by atoms with E-state index in [0.29, 0.717) is 26.7 Å². The monoisotopic (exact) mass is 434 g/mol. The first-order valence-electron chi connectivity index (χ1n) is 8.33. The van der Waals surface area contributed by atoms with E-state index in [9.17, 15) is 18.3 Å². The summed E-state index contributed by atoms with van der Waals surface area (Å²) in [6, 6.07) is 11.2. The van der Waals surface area contributed by atoms with E-state index in [1.54, 1.807) is 18.2 Å². The van der Waals surface area contributed by atoms with Crippen LogP contribution in [0.2, 0.25) is 0 Å². The fourth-order valence-electron chi connectivity index (χ4n) is 3.19. The number of alkyl halides is 1. The molecule has 0 fully saturated rings. The summed E-state index contributed by atoms with van der Waals surface area (Å²) < 4.78 is 27.5. The first kappa shape index (κ1) is 18.9. The van der Waals surface area contributed by atoms with E-state index in [-0.39, 0.29) is 28.6 Å². The first-order valence-corrected chi connectivity index (χ1v) is 11.2. The molecule has 0 unspecified atom stereocenters. The van der Waals surface area contributed by atoms with Gasteiger partial charge in [-0.15, -0.1) is 22.9 Å². The van der Waals surface area contributed by atoms with Gasteiger partial charge in [0.25, 0.3) is 5.56 Å². The first-order chi connectivity index (χ1) is 13.4. The van der Waals surface area contributed by atoms with Crippen molar-refractivity contribution >= 4 is 54.0 Å². The number of hydrogen-bond acceptors (Lipinski definition) is 5. The van der Waals surface area contributed by atoms with E-state index in [1.807, 2.05) is 11.4 Å². The predicted octanol–water partition coefficient (Wildman–Crippen LogP) is 3.63. The largest absolute Gasteiger partial charge is 0.507 e. The molecule has 0 saturated carbocycles. The normalized spacial score (nSPS) is 12.0. The SMILES string of the molecule is O=c1[nH]c2ccc(O)c(-c3ccc(S(=O)(=O)NCCCl)cc3)c2c2ccsc12. The Hall–Kier alpha value is -2.39. The van der Waals surface area contributed by atoms with Crippen molar-refractivity contribution in [3.63, 3.8) is 0 Å². The van der Waals surface area contributed by atoms with Gasteiger partial charge in [0, 0.05) is 34.3 Å². The number of phenolic OH excluding ortho intramolecular Hbond substituents is 1. The third-order valence-electron chi connectivity index (χ3n) is 4.41. The molecule has 0 saturated heterocycles. The number of benzene rings is 2. The van der Waals surface area contributed by atoms with Crippen LogP contribution in [0, 0.1) is 0 Å². The maximum atomic E-state index is 12.2. The molecule has 9 heteroatoms. The van der Waals surface area contributed by atoms with Crippen molar-refractivity contribution in [2.45, 2.75) is 4.90 Å². The second-order valence-corrected chi connectivity index (χ2v) is 9.17. The number of aromatic amines is 1. The van der Waals surface area contributed by atoms with Gasteiger partial charge in [0.2, 0.25) is 10.0 Å². The Morgan fingerprint density at radius 3 is 2.57 bits per heavy atom. The van der Waals surface area contributed by atoms with Crippen molar-refractivity contribution in [3.05, 3.63) is 58.2 Å². The summed E-state index contributed by atoms with van der Waals surface area (Å²) in [7, 11) is -3.65. The van der Waals surface area contributed by atoms with E-state index in [1.165, 1.54) is 29.5 Å². The van der Waals surface area contributed by atoms with Crippen molar-refractivity contribution < 1.29 is 13.5 Å². The molecule has 0 atom stereocenters. The summed E-state index contributed by atoms with van der Waals surface area (Å²) in [5.74, 6) is 0.221. The summed E-state index contributed by atoms with van der Waals surface area (Å²) in [4.78, 5) is 15.2. The smallest absolute Gasteiger partial charge is 0.266 e. The summed E-state index contributed by atoms with van der Waals surface area (Å²) in [5.41, 5.74) is 1.60. The second-order valence-electron chi connectivity index (χ2n) is 6.11. The number of phenols is 1. The lowest BCUT2D eigenvalue weighted by molar-refractivity contribution is 0.478. The van der Waals surface area contributed by atoms with Crippen LogP contribution < -0.4 is 10.3 Å². The molecular weight excluding hydrogens is 420 g/mol. The zero-order valence-electron chi connectivity index (χ0n) is 14.4.